The van der Waals surface area contributed by atoms with E-state index in [0.29, 0.717) is 11.3 Å². The number of hydrogen-bond acceptors (Lipinski definition) is 2. The summed E-state index contributed by atoms with van der Waals surface area (Å²) in [5.41, 5.74) is 7.62. The van der Waals surface area contributed by atoms with E-state index in [-0.39, 0.29) is 5.02 Å². The van der Waals surface area contributed by atoms with Crippen LogP contribution in [0.15, 0.2) is 52.9 Å². The fraction of sp³-hybridized carbons (Fsp3) is 0.0667. The number of fused-ring (bicyclic) bond motifs is 1. The number of benzene rings is 2. The molecule has 2 N–H and O–H groups in total. The van der Waals surface area contributed by atoms with Crippen molar-refractivity contribution in [1.82, 2.24) is 0 Å². The first-order valence-electron chi connectivity index (χ1n) is 5.84. The van der Waals surface area contributed by atoms with Gasteiger partial charge in [-0.15, -0.1) is 0 Å². The highest BCUT2D eigenvalue weighted by molar-refractivity contribution is 6.30. The van der Waals surface area contributed by atoms with Crippen molar-refractivity contribution >= 4 is 22.6 Å². The molecule has 96 valence electrons. The maximum atomic E-state index is 13.1. The summed E-state index contributed by atoms with van der Waals surface area (Å²) in [6.07, 6.45) is 0. The summed E-state index contributed by atoms with van der Waals surface area (Å²) in [6, 6.07) is 13.5. The molecule has 3 rings (SSSR count). The largest absolute Gasteiger partial charge is 0.459 e. The fourth-order valence-corrected chi connectivity index (χ4v) is 2.21. The van der Waals surface area contributed by atoms with Gasteiger partial charge in [-0.2, -0.15) is 0 Å². The van der Waals surface area contributed by atoms with Crippen LogP contribution in [0.4, 0.5) is 4.39 Å². The molecular formula is C15H11ClFNO. The fourth-order valence-electron chi connectivity index (χ4n) is 2.03. The van der Waals surface area contributed by atoms with Crippen LogP contribution in [-0.2, 0) is 0 Å². The molecule has 2 nitrogen and oxygen atoms in total. The van der Waals surface area contributed by atoms with Crippen LogP contribution in [-0.4, -0.2) is 0 Å². The lowest BCUT2D eigenvalue weighted by Crippen LogP contribution is -2.10. The Bertz CT molecular complexity index is 705. The molecule has 0 saturated heterocycles. The second kappa shape index (κ2) is 4.68. The molecular weight excluding hydrogens is 265 g/mol. The summed E-state index contributed by atoms with van der Waals surface area (Å²) < 4.78 is 18.8. The second-order valence-corrected chi connectivity index (χ2v) is 4.75. The maximum Gasteiger partial charge on any atom is 0.141 e. The summed E-state index contributed by atoms with van der Waals surface area (Å²) in [6.45, 7) is 0. The van der Waals surface area contributed by atoms with Gasteiger partial charge in [0, 0.05) is 5.39 Å². The molecule has 19 heavy (non-hydrogen) atoms. The van der Waals surface area contributed by atoms with Crippen molar-refractivity contribution < 1.29 is 8.81 Å². The number of rotatable bonds is 2. The van der Waals surface area contributed by atoms with Crippen LogP contribution in [0, 0.1) is 5.82 Å². The smallest absolute Gasteiger partial charge is 0.141 e. The molecule has 0 aliphatic heterocycles. The minimum Gasteiger partial charge on any atom is -0.459 e. The van der Waals surface area contributed by atoms with Crippen LogP contribution in [0.5, 0.6) is 0 Å². The van der Waals surface area contributed by atoms with E-state index in [2.05, 4.69) is 0 Å². The minimum absolute atomic E-state index is 0.0593. The summed E-state index contributed by atoms with van der Waals surface area (Å²) in [4.78, 5) is 0. The number of nitrogens with two attached hydrogens (primary N) is 1. The molecule has 3 aromatic rings. The Morgan fingerprint density at radius 1 is 1.11 bits per heavy atom. The molecule has 1 unspecified atom stereocenters. The molecule has 0 aliphatic carbocycles. The Kier molecular flexibility index (Phi) is 3.01. The summed E-state index contributed by atoms with van der Waals surface area (Å²) >= 11 is 5.76. The number of hydrogen-bond donors (Lipinski definition) is 1. The Hall–Kier alpha value is -1.84. The molecule has 0 fully saturated rings. The van der Waals surface area contributed by atoms with Gasteiger partial charge in [0.2, 0.25) is 0 Å². The van der Waals surface area contributed by atoms with E-state index in [4.69, 9.17) is 21.8 Å². The highest BCUT2D eigenvalue weighted by atomic mass is 35.5. The molecule has 1 heterocycles. The lowest BCUT2D eigenvalue weighted by molar-refractivity contribution is 0.524. The van der Waals surface area contributed by atoms with Gasteiger partial charge in [-0.3, -0.25) is 0 Å². The molecule has 0 saturated carbocycles. The van der Waals surface area contributed by atoms with Crippen LogP contribution in [0.3, 0.4) is 0 Å². The molecule has 0 bridgehead atoms. The molecule has 0 spiro atoms. The second-order valence-electron chi connectivity index (χ2n) is 4.34. The third kappa shape index (κ3) is 2.23. The first kappa shape index (κ1) is 12.2. The zero-order valence-corrected chi connectivity index (χ0v) is 10.7. The van der Waals surface area contributed by atoms with Gasteiger partial charge in [0.1, 0.15) is 17.2 Å². The van der Waals surface area contributed by atoms with E-state index < -0.39 is 11.9 Å². The van der Waals surface area contributed by atoms with Crippen molar-refractivity contribution in [1.29, 1.82) is 0 Å². The minimum atomic E-state index is -0.467. The van der Waals surface area contributed by atoms with Gasteiger partial charge in [-0.05, 0) is 29.8 Å². The van der Waals surface area contributed by atoms with Gasteiger partial charge in [0.25, 0.3) is 0 Å². The van der Waals surface area contributed by atoms with E-state index in [1.165, 1.54) is 12.1 Å². The van der Waals surface area contributed by atoms with Crippen molar-refractivity contribution in [2.75, 3.05) is 0 Å². The molecule has 0 radical (unpaired) electrons. The third-order valence-corrected chi connectivity index (χ3v) is 3.34. The van der Waals surface area contributed by atoms with Gasteiger partial charge in [0.15, 0.2) is 0 Å². The Morgan fingerprint density at radius 2 is 1.89 bits per heavy atom. The van der Waals surface area contributed by atoms with E-state index >= 15 is 0 Å². The van der Waals surface area contributed by atoms with E-state index in [9.17, 15) is 4.39 Å². The molecule has 1 atom stereocenters. The van der Waals surface area contributed by atoms with Crippen LogP contribution in [0.2, 0.25) is 5.02 Å². The first-order chi connectivity index (χ1) is 9.15. The van der Waals surface area contributed by atoms with Gasteiger partial charge < -0.3 is 10.2 Å². The van der Waals surface area contributed by atoms with E-state index in [1.54, 1.807) is 6.07 Å². The van der Waals surface area contributed by atoms with Crippen LogP contribution < -0.4 is 5.73 Å². The molecule has 0 aliphatic rings. The van der Waals surface area contributed by atoms with Crippen molar-refractivity contribution in [2.45, 2.75) is 6.04 Å². The Balaban J connectivity index is 2.02. The maximum absolute atomic E-state index is 13.1. The monoisotopic (exact) mass is 275 g/mol. The molecule has 4 heteroatoms. The average Bonchev–Trinajstić information content (AvgIpc) is 2.85. The van der Waals surface area contributed by atoms with Gasteiger partial charge >= 0.3 is 0 Å². The Labute approximate surface area is 114 Å². The molecule has 1 aromatic heterocycles. The number of halogens is 2. The number of para-hydroxylation sites is 1. The van der Waals surface area contributed by atoms with Crippen LogP contribution in [0.25, 0.3) is 11.0 Å². The molecule has 2 aromatic carbocycles. The lowest BCUT2D eigenvalue weighted by Gasteiger charge is -2.09. The average molecular weight is 276 g/mol. The van der Waals surface area contributed by atoms with Gasteiger partial charge in [0.05, 0.1) is 11.1 Å². The third-order valence-electron chi connectivity index (χ3n) is 3.05. The normalized spacial score (nSPS) is 12.8. The highest BCUT2D eigenvalue weighted by Crippen LogP contribution is 2.28. The van der Waals surface area contributed by atoms with E-state index in [0.717, 1.165) is 11.0 Å². The topological polar surface area (TPSA) is 39.2 Å². The predicted octanol–water partition coefficient (Wildman–Crippen LogP) is 4.27. The van der Waals surface area contributed by atoms with Crippen molar-refractivity contribution in [2.24, 2.45) is 5.73 Å². The van der Waals surface area contributed by atoms with E-state index in [1.807, 2.05) is 30.3 Å². The summed E-state index contributed by atoms with van der Waals surface area (Å²) in [5, 5.41) is 1.05. The quantitative estimate of drug-likeness (QED) is 0.758. The summed E-state index contributed by atoms with van der Waals surface area (Å²) in [7, 11) is 0. The highest BCUT2D eigenvalue weighted by Gasteiger charge is 2.15. The van der Waals surface area contributed by atoms with Gasteiger partial charge in [-0.25, -0.2) is 4.39 Å². The van der Waals surface area contributed by atoms with Crippen molar-refractivity contribution in [3.05, 3.63) is 70.7 Å². The van der Waals surface area contributed by atoms with Crippen molar-refractivity contribution in [3.63, 3.8) is 0 Å². The molecule has 0 amide bonds. The van der Waals surface area contributed by atoms with Crippen LogP contribution in [0.1, 0.15) is 17.4 Å². The van der Waals surface area contributed by atoms with Crippen molar-refractivity contribution in [3.8, 4) is 0 Å². The lowest BCUT2D eigenvalue weighted by atomic mass is 10.1. The zero-order valence-electron chi connectivity index (χ0n) is 9.94. The Morgan fingerprint density at radius 3 is 2.63 bits per heavy atom. The van der Waals surface area contributed by atoms with Gasteiger partial charge in [-0.1, -0.05) is 35.9 Å². The predicted molar refractivity (Wildman–Crippen MR) is 73.7 cm³/mol. The van der Waals surface area contributed by atoms with Crippen LogP contribution >= 0.6 is 11.6 Å². The SMILES string of the molecule is NC(c1ccc(F)c(Cl)c1)c1cc2ccccc2o1. The number of furan rings is 1. The zero-order chi connectivity index (χ0) is 13.4. The first-order valence-corrected chi connectivity index (χ1v) is 6.22. The summed E-state index contributed by atoms with van der Waals surface area (Å²) in [5.74, 6) is 0.172. The standard InChI is InChI=1S/C15H11ClFNO/c16-11-7-10(5-6-12(11)17)15(18)14-8-9-3-1-2-4-13(9)19-14/h1-8,15H,18H2.